The minimum Gasteiger partial charge on any atom is -0.398 e. The molecule has 1 aromatic rings. The number of hydrogen-bond donors (Lipinski definition) is 0. The van der Waals surface area contributed by atoms with E-state index in [0.29, 0.717) is 12.0 Å². The topological polar surface area (TPSA) is 18.5 Å². The molecule has 0 spiro atoms. The number of rotatable bonds is 1. The maximum atomic E-state index is 15.2. The average molecular weight is 449 g/mol. The summed E-state index contributed by atoms with van der Waals surface area (Å²) >= 11 is 8.45. The van der Waals surface area contributed by atoms with Crippen molar-refractivity contribution < 1.29 is 13.7 Å². The summed E-state index contributed by atoms with van der Waals surface area (Å²) in [5.41, 5.74) is 1.38. The standard InChI is InChI=1S/C17H20BClFIO2/c1-16(2)17(3,4)23-18(22-16)15(20)12-7-5-6-11-10(12)8-9-13(19)14(11)21/h8-9H,5-7H2,1-4H3. The second-order valence-electron chi connectivity index (χ2n) is 7.16. The molecule has 0 radical (unpaired) electrons. The number of hydrogen-bond acceptors (Lipinski definition) is 2. The summed E-state index contributed by atoms with van der Waals surface area (Å²) in [6, 6.07) is 3.75. The number of fused-ring (bicyclic) bond motifs is 1. The molecule has 1 saturated heterocycles. The lowest BCUT2D eigenvalue weighted by Gasteiger charge is -2.32. The average Bonchev–Trinajstić information content (AvgIpc) is 2.70. The van der Waals surface area contributed by atoms with Crippen molar-refractivity contribution in [3.8, 4) is 0 Å². The summed E-state index contributed by atoms with van der Waals surface area (Å²) in [5.74, 6) is 0. The van der Waals surface area contributed by atoms with E-state index in [9.17, 15) is 0 Å². The van der Waals surface area contributed by atoms with Crippen LogP contribution in [-0.2, 0) is 15.7 Å². The molecule has 2 nitrogen and oxygen atoms in total. The van der Waals surface area contributed by atoms with Crippen LogP contribution in [0.1, 0.15) is 51.7 Å². The molecule has 0 saturated carbocycles. The third-order valence-electron chi connectivity index (χ3n) is 5.12. The van der Waals surface area contributed by atoms with E-state index in [0.717, 1.165) is 32.6 Å². The molecule has 1 aliphatic carbocycles. The van der Waals surface area contributed by atoms with Crippen LogP contribution in [0, 0.1) is 3.57 Å². The van der Waals surface area contributed by atoms with Crippen LogP contribution in [-0.4, -0.2) is 18.3 Å². The van der Waals surface area contributed by atoms with Gasteiger partial charge in [-0.2, -0.15) is 0 Å². The zero-order chi connectivity index (χ0) is 17.0. The first-order valence-corrected chi connectivity index (χ1v) is 9.31. The normalized spacial score (nSPS) is 24.6. The van der Waals surface area contributed by atoms with Crippen LogP contribution in [0.25, 0.3) is 5.57 Å². The fraction of sp³-hybridized carbons (Fsp3) is 0.529. The van der Waals surface area contributed by atoms with Gasteiger partial charge in [0.15, 0.2) is 0 Å². The molecule has 0 bridgehead atoms. The number of allylic oxidation sites excluding steroid dienone is 1. The molecule has 1 heterocycles. The maximum absolute atomic E-state index is 15.2. The number of benzene rings is 1. The molecule has 124 valence electrons. The highest BCUT2D eigenvalue weighted by atomic mass is 127. The first-order chi connectivity index (χ1) is 10.6. The quantitative estimate of drug-likeness (QED) is 0.412. The van der Waals surface area contributed by atoms with Crippen molar-refractivity contribution in [1.29, 1.82) is 0 Å². The Balaban J connectivity index is 2.03. The molecule has 3 rings (SSSR count). The summed E-state index contributed by atoms with van der Waals surface area (Å²) in [6.07, 6.45) is 2.53. The summed E-state index contributed by atoms with van der Waals surface area (Å²) in [7, 11) is -0.936. The van der Waals surface area contributed by atoms with Crippen molar-refractivity contribution in [2.24, 2.45) is 0 Å². The maximum Gasteiger partial charge on any atom is 0.525 e. The Kier molecular flexibility index (Phi) is 4.62. The minimum atomic E-state index is -0.936. The lowest BCUT2D eigenvalue weighted by atomic mass is 9.77. The highest BCUT2D eigenvalue weighted by Crippen LogP contribution is 2.43. The SMILES string of the molecule is CC1(C)OB(C(F)=C2CCCc3c2ccc(Cl)c3I)OC1(C)C. The Morgan fingerprint density at radius 1 is 1.17 bits per heavy atom. The molecule has 2 aliphatic rings. The summed E-state index contributed by atoms with van der Waals surface area (Å²) in [4.78, 5) is 0. The third-order valence-corrected chi connectivity index (χ3v) is 6.99. The predicted molar refractivity (Wildman–Crippen MR) is 101 cm³/mol. The molecule has 1 aromatic carbocycles. The second-order valence-corrected chi connectivity index (χ2v) is 8.64. The molecule has 0 unspecified atom stereocenters. The Bertz CT molecular complexity index is 671. The fourth-order valence-electron chi connectivity index (χ4n) is 3.03. The van der Waals surface area contributed by atoms with Gasteiger partial charge >= 0.3 is 7.12 Å². The van der Waals surface area contributed by atoms with Gasteiger partial charge < -0.3 is 9.31 Å². The first kappa shape index (κ1) is 17.7. The summed E-state index contributed by atoms with van der Waals surface area (Å²) in [5, 5.41) is 0.724. The van der Waals surface area contributed by atoms with E-state index in [1.807, 2.05) is 39.8 Å². The van der Waals surface area contributed by atoms with Crippen molar-refractivity contribution in [3.05, 3.63) is 37.6 Å². The van der Waals surface area contributed by atoms with Crippen LogP contribution in [0.3, 0.4) is 0 Å². The van der Waals surface area contributed by atoms with Crippen LogP contribution in [0.2, 0.25) is 5.02 Å². The molecule has 0 atom stereocenters. The molecule has 0 amide bonds. The van der Waals surface area contributed by atoms with Gasteiger partial charge in [0.25, 0.3) is 0 Å². The van der Waals surface area contributed by atoms with Gasteiger partial charge in [-0.1, -0.05) is 17.7 Å². The van der Waals surface area contributed by atoms with Gasteiger partial charge in [-0.3, -0.25) is 0 Å². The third kappa shape index (κ3) is 2.98. The van der Waals surface area contributed by atoms with Gasteiger partial charge in [-0.05, 0) is 92.3 Å². The van der Waals surface area contributed by atoms with E-state index in [4.69, 9.17) is 20.9 Å². The molecule has 1 fully saturated rings. The Hall–Kier alpha value is -0.105. The van der Waals surface area contributed by atoms with Crippen molar-refractivity contribution in [1.82, 2.24) is 0 Å². The van der Waals surface area contributed by atoms with Gasteiger partial charge in [0.05, 0.1) is 16.2 Å². The van der Waals surface area contributed by atoms with Crippen LogP contribution in [0.4, 0.5) is 4.39 Å². The lowest BCUT2D eigenvalue weighted by Crippen LogP contribution is -2.41. The monoisotopic (exact) mass is 448 g/mol. The predicted octanol–water partition coefficient (Wildman–Crippen LogP) is 5.59. The molecule has 0 aromatic heterocycles. The fourth-order valence-corrected chi connectivity index (χ4v) is 3.95. The van der Waals surface area contributed by atoms with E-state index in [1.54, 1.807) is 0 Å². The van der Waals surface area contributed by atoms with Crippen molar-refractivity contribution in [3.63, 3.8) is 0 Å². The van der Waals surface area contributed by atoms with E-state index < -0.39 is 18.3 Å². The highest BCUT2D eigenvalue weighted by Gasteiger charge is 2.53. The molecular formula is C17H20BClFIO2. The van der Waals surface area contributed by atoms with Gasteiger partial charge in [0.1, 0.15) is 5.73 Å². The summed E-state index contributed by atoms with van der Waals surface area (Å²) in [6.45, 7) is 7.73. The minimum absolute atomic E-state index is 0.303. The first-order valence-electron chi connectivity index (χ1n) is 7.85. The molecule has 0 N–H and O–H groups in total. The zero-order valence-electron chi connectivity index (χ0n) is 13.8. The van der Waals surface area contributed by atoms with Gasteiger partial charge in [0, 0.05) is 3.57 Å². The number of halogens is 3. The Labute approximate surface area is 156 Å². The van der Waals surface area contributed by atoms with Gasteiger partial charge in [-0.25, -0.2) is 4.39 Å². The van der Waals surface area contributed by atoms with E-state index in [1.165, 1.54) is 0 Å². The highest BCUT2D eigenvalue weighted by molar-refractivity contribution is 14.1. The zero-order valence-corrected chi connectivity index (χ0v) is 16.7. The van der Waals surface area contributed by atoms with Crippen molar-refractivity contribution >= 4 is 46.9 Å². The summed E-state index contributed by atoms with van der Waals surface area (Å²) < 4.78 is 27.9. The van der Waals surface area contributed by atoms with Crippen LogP contribution in [0.5, 0.6) is 0 Å². The van der Waals surface area contributed by atoms with Gasteiger partial charge in [-0.15, -0.1) is 0 Å². The van der Waals surface area contributed by atoms with E-state index >= 15 is 4.39 Å². The van der Waals surface area contributed by atoms with E-state index in [2.05, 4.69) is 22.6 Å². The van der Waals surface area contributed by atoms with Crippen molar-refractivity contribution in [2.45, 2.75) is 58.2 Å². The smallest absolute Gasteiger partial charge is 0.398 e. The van der Waals surface area contributed by atoms with Crippen LogP contribution >= 0.6 is 34.2 Å². The molecule has 1 aliphatic heterocycles. The van der Waals surface area contributed by atoms with Crippen molar-refractivity contribution in [2.75, 3.05) is 0 Å². The molecule has 23 heavy (non-hydrogen) atoms. The van der Waals surface area contributed by atoms with Crippen LogP contribution < -0.4 is 0 Å². The van der Waals surface area contributed by atoms with Gasteiger partial charge in [0.2, 0.25) is 0 Å². The van der Waals surface area contributed by atoms with Crippen LogP contribution in [0.15, 0.2) is 17.9 Å². The Morgan fingerprint density at radius 3 is 2.39 bits per heavy atom. The molecule has 6 heteroatoms. The van der Waals surface area contributed by atoms with E-state index in [-0.39, 0.29) is 5.73 Å². The second kappa shape index (κ2) is 6.01. The Morgan fingerprint density at radius 2 is 1.78 bits per heavy atom. The lowest BCUT2D eigenvalue weighted by molar-refractivity contribution is 0.00578. The largest absolute Gasteiger partial charge is 0.525 e. The molecular weight excluding hydrogens is 428 g/mol.